The van der Waals surface area contributed by atoms with Crippen molar-refractivity contribution in [2.75, 3.05) is 19.6 Å². The van der Waals surface area contributed by atoms with Gasteiger partial charge >= 0.3 is 0 Å². The van der Waals surface area contributed by atoms with Crippen molar-refractivity contribution in [3.8, 4) is 0 Å². The molecule has 7 nitrogen and oxygen atoms in total. The summed E-state index contributed by atoms with van der Waals surface area (Å²) in [5.41, 5.74) is 2.02. The molecule has 2 aromatic rings. The number of benzene rings is 2. The molecule has 8 heteroatoms. The third kappa shape index (κ3) is 5.28. The fourth-order valence-electron chi connectivity index (χ4n) is 4.64. The number of nitrogens with one attached hydrogen (secondary N) is 1. The number of carbonyl (C=O) groups excluding carboxylic acids is 2. The summed E-state index contributed by atoms with van der Waals surface area (Å²) in [4.78, 5) is 28.0. The number of sulfonamides is 1. The van der Waals surface area contributed by atoms with Gasteiger partial charge in [0.2, 0.25) is 21.8 Å². The van der Waals surface area contributed by atoms with E-state index in [9.17, 15) is 18.0 Å². The van der Waals surface area contributed by atoms with Crippen LogP contribution in [0.4, 0.5) is 0 Å². The molecule has 0 bridgehead atoms. The number of likely N-dealkylation sites (tertiary alicyclic amines) is 1. The lowest BCUT2D eigenvalue weighted by molar-refractivity contribution is -0.142. The largest absolute Gasteiger partial charge is 0.350 e. The molecule has 2 saturated heterocycles. The van der Waals surface area contributed by atoms with Gasteiger partial charge in [-0.2, -0.15) is 4.31 Å². The van der Waals surface area contributed by atoms with Gasteiger partial charge in [0, 0.05) is 32.1 Å². The summed E-state index contributed by atoms with van der Waals surface area (Å²) >= 11 is 0. The molecule has 4 rings (SSSR count). The van der Waals surface area contributed by atoms with Crippen LogP contribution in [0.2, 0.25) is 0 Å². The Morgan fingerprint density at radius 1 is 0.939 bits per heavy atom. The van der Waals surface area contributed by atoms with E-state index in [1.165, 1.54) is 4.31 Å². The first-order chi connectivity index (χ1) is 15.9. The summed E-state index contributed by atoms with van der Waals surface area (Å²) in [5, 5.41) is 2.96. The fraction of sp³-hybridized carbons (Fsp3) is 0.440. The van der Waals surface area contributed by atoms with Crippen LogP contribution in [0.3, 0.4) is 0 Å². The van der Waals surface area contributed by atoms with E-state index in [4.69, 9.17) is 0 Å². The van der Waals surface area contributed by atoms with Gasteiger partial charge in [-0.3, -0.25) is 9.59 Å². The quantitative estimate of drug-likeness (QED) is 0.705. The minimum Gasteiger partial charge on any atom is -0.350 e. The molecule has 2 aliphatic rings. The molecular formula is C25H31N3O4S. The third-order valence-corrected chi connectivity index (χ3v) is 8.52. The van der Waals surface area contributed by atoms with Gasteiger partial charge < -0.3 is 10.2 Å². The van der Waals surface area contributed by atoms with E-state index in [-0.39, 0.29) is 22.6 Å². The standard InChI is InChI=1S/C25H31N3O4S/c1-19-9-11-22(12-10-19)33(31,32)27-16-13-21(14-17-27)25(30)28-15-5-8-23(28)24(29)26-18-20-6-3-2-4-7-20/h2-4,6-7,9-12,21,23H,5,8,13-18H2,1H3,(H,26,29)/t23-/m0/s1. The Morgan fingerprint density at radius 3 is 2.27 bits per heavy atom. The Kier molecular flexibility index (Phi) is 7.14. The molecule has 1 N–H and O–H groups in total. The zero-order valence-electron chi connectivity index (χ0n) is 18.9. The van der Waals surface area contributed by atoms with E-state index < -0.39 is 16.1 Å². The molecule has 2 aliphatic heterocycles. The van der Waals surface area contributed by atoms with E-state index in [0.29, 0.717) is 45.4 Å². The summed E-state index contributed by atoms with van der Waals surface area (Å²) < 4.78 is 27.3. The highest BCUT2D eigenvalue weighted by molar-refractivity contribution is 7.89. The fourth-order valence-corrected chi connectivity index (χ4v) is 6.11. The lowest BCUT2D eigenvalue weighted by Gasteiger charge is -2.34. The third-order valence-electron chi connectivity index (χ3n) is 6.61. The average molecular weight is 470 g/mol. The molecule has 0 saturated carbocycles. The number of rotatable bonds is 6. The normalized spacial score (nSPS) is 20.0. The molecule has 2 heterocycles. The summed E-state index contributed by atoms with van der Waals surface area (Å²) in [7, 11) is -3.56. The predicted molar refractivity (Wildman–Crippen MR) is 126 cm³/mol. The maximum absolute atomic E-state index is 13.2. The molecule has 2 fully saturated rings. The monoisotopic (exact) mass is 469 g/mol. The molecular weight excluding hydrogens is 438 g/mol. The second-order valence-corrected chi connectivity index (χ2v) is 10.8. The minimum atomic E-state index is -3.56. The second-order valence-electron chi connectivity index (χ2n) is 8.88. The van der Waals surface area contributed by atoms with Crippen molar-refractivity contribution in [1.82, 2.24) is 14.5 Å². The predicted octanol–water partition coefficient (Wildman–Crippen LogP) is 2.70. The number of piperidine rings is 1. The van der Waals surface area contributed by atoms with Crippen LogP contribution in [0.1, 0.15) is 36.8 Å². The molecule has 2 aromatic carbocycles. The van der Waals surface area contributed by atoms with Crippen LogP contribution < -0.4 is 5.32 Å². The molecule has 0 unspecified atom stereocenters. The number of amides is 2. The van der Waals surface area contributed by atoms with E-state index in [2.05, 4.69) is 5.32 Å². The first-order valence-electron chi connectivity index (χ1n) is 11.6. The highest BCUT2D eigenvalue weighted by Gasteiger charge is 2.39. The van der Waals surface area contributed by atoms with Crippen molar-refractivity contribution < 1.29 is 18.0 Å². The van der Waals surface area contributed by atoms with Crippen molar-refractivity contribution in [1.29, 1.82) is 0 Å². The zero-order valence-corrected chi connectivity index (χ0v) is 19.8. The van der Waals surface area contributed by atoms with Crippen LogP contribution in [-0.2, 0) is 26.2 Å². The van der Waals surface area contributed by atoms with Gasteiger partial charge in [-0.25, -0.2) is 8.42 Å². The van der Waals surface area contributed by atoms with Crippen LogP contribution in [-0.4, -0.2) is 55.1 Å². The van der Waals surface area contributed by atoms with Gasteiger partial charge in [0.15, 0.2) is 0 Å². The lowest BCUT2D eigenvalue weighted by atomic mass is 9.96. The summed E-state index contributed by atoms with van der Waals surface area (Å²) in [5.74, 6) is -0.402. The number of carbonyl (C=O) groups is 2. The van der Waals surface area contributed by atoms with Gasteiger partial charge in [0.05, 0.1) is 4.90 Å². The van der Waals surface area contributed by atoms with Crippen molar-refractivity contribution in [3.63, 3.8) is 0 Å². The van der Waals surface area contributed by atoms with Crippen molar-refractivity contribution in [2.24, 2.45) is 5.92 Å². The zero-order chi connectivity index (χ0) is 23.4. The highest BCUT2D eigenvalue weighted by Crippen LogP contribution is 2.28. The van der Waals surface area contributed by atoms with Crippen LogP contribution in [0.25, 0.3) is 0 Å². The topological polar surface area (TPSA) is 86.8 Å². The molecule has 0 aromatic heterocycles. The first kappa shape index (κ1) is 23.4. The Balaban J connectivity index is 1.33. The molecule has 176 valence electrons. The molecule has 0 aliphatic carbocycles. The smallest absolute Gasteiger partial charge is 0.243 e. The first-order valence-corrected chi connectivity index (χ1v) is 13.0. The van der Waals surface area contributed by atoms with Crippen LogP contribution in [0.5, 0.6) is 0 Å². The summed E-state index contributed by atoms with van der Waals surface area (Å²) in [6, 6.07) is 16.1. The molecule has 0 spiro atoms. The Morgan fingerprint density at radius 2 is 1.61 bits per heavy atom. The van der Waals surface area contributed by atoms with E-state index in [1.807, 2.05) is 37.3 Å². The Bertz CT molecular complexity index is 1080. The SMILES string of the molecule is Cc1ccc(S(=O)(=O)N2CCC(C(=O)N3CCC[C@H]3C(=O)NCc3ccccc3)CC2)cc1. The average Bonchev–Trinajstić information content (AvgIpc) is 3.33. The van der Waals surface area contributed by atoms with E-state index in [0.717, 1.165) is 17.5 Å². The summed E-state index contributed by atoms with van der Waals surface area (Å²) in [6.45, 7) is 3.55. The molecule has 2 amide bonds. The number of hydrogen-bond acceptors (Lipinski definition) is 4. The molecule has 1 atom stereocenters. The second kappa shape index (κ2) is 10.1. The maximum atomic E-state index is 13.2. The van der Waals surface area contributed by atoms with Crippen molar-refractivity contribution >= 4 is 21.8 Å². The van der Waals surface area contributed by atoms with Crippen molar-refractivity contribution in [3.05, 3.63) is 65.7 Å². The summed E-state index contributed by atoms with van der Waals surface area (Å²) in [6.07, 6.45) is 2.40. The van der Waals surface area contributed by atoms with Gasteiger partial charge in [-0.15, -0.1) is 0 Å². The van der Waals surface area contributed by atoms with E-state index in [1.54, 1.807) is 29.2 Å². The number of hydrogen-bond donors (Lipinski definition) is 1. The number of nitrogens with zero attached hydrogens (tertiary/aromatic N) is 2. The van der Waals surface area contributed by atoms with E-state index >= 15 is 0 Å². The molecule has 0 radical (unpaired) electrons. The number of aryl methyl sites for hydroxylation is 1. The van der Waals surface area contributed by atoms with Gasteiger partial charge in [0.25, 0.3) is 0 Å². The van der Waals surface area contributed by atoms with Crippen molar-refractivity contribution in [2.45, 2.75) is 50.1 Å². The van der Waals surface area contributed by atoms with Crippen LogP contribution in [0, 0.1) is 12.8 Å². The van der Waals surface area contributed by atoms with Gasteiger partial charge in [-0.05, 0) is 50.3 Å². The van der Waals surface area contributed by atoms with Crippen LogP contribution >= 0.6 is 0 Å². The Hall–Kier alpha value is -2.71. The van der Waals surface area contributed by atoms with Crippen LogP contribution in [0.15, 0.2) is 59.5 Å². The maximum Gasteiger partial charge on any atom is 0.243 e. The highest BCUT2D eigenvalue weighted by atomic mass is 32.2. The molecule has 33 heavy (non-hydrogen) atoms. The minimum absolute atomic E-state index is 0.0280. The van der Waals surface area contributed by atoms with Gasteiger partial charge in [0.1, 0.15) is 6.04 Å². The Labute approximate surface area is 195 Å². The lowest BCUT2D eigenvalue weighted by Crippen LogP contribution is -2.49. The van der Waals surface area contributed by atoms with Gasteiger partial charge in [-0.1, -0.05) is 48.0 Å².